The first kappa shape index (κ1) is 20.9. The lowest BCUT2D eigenvalue weighted by molar-refractivity contribution is -0.133. The largest absolute Gasteiger partial charge is 0.481 e. The van der Waals surface area contributed by atoms with Gasteiger partial charge in [0.15, 0.2) is 5.16 Å². The molecule has 1 N–H and O–H groups in total. The fourth-order valence-corrected chi connectivity index (χ4v) is 6.40. The number of carboxylic acid groups (broad SMARTS) is 1. The van der Waals surface area contributed by atoms with Crippen molar-refractivity contribution in [2.45, 2.75) is 30.3 Å². The van der Waals surface area contributed by atoms with Gasteiger partial charge in [-0.2, -0.15) is 0 Å². The van der Waals surface area contributed by atoms with Crippen LogP contribution in [0, 0.1) is 5.82 Å². The molecule has 5 nitrogen and oxygen atoms in total. The number of aryl methyl sites for hydroxylation is 1. The number of hydrogen-bond acceptors (Lipinski definition) is 5. The predicted octanol–water partition coefficient (Wildman–Crippen LogP) is 5.23. The summed E-state index contributed by atoms with van der Waals surface area (Å²) in [5.41, 5.74) is 2.23. The lowest BCUT2D eigenvalue weighted by Crippen LogP contribution is -2.23. The summed E-state index contributed by atoms with van der Waals surface area (Å²) in [7, 11) is 0. The third-order valence-electron chi connectivity index (χ3n) is 5.65. The van der Waals surface area contributed by atoms with E-state index in [1.54, 1.807) is 6.07 Å². The number of aliphatic carboxylic acids is 1. The molecule has 0 radical (unpaired) electrons. The van der Waals surface area contributed by atoms with Crippen molar-refractivity contribution in [2.75, 3.05) is 5.75 Å². The van der Waals surface area contributed by atoms with Gasteiger partial charge >= 0.3 is 5.97 Å². The number of fused-ring (bicyclic) bond motifs is 3. The molecular weight excluding hydrogens is 447 g/mol. The van der Waals surface area contributed by atoms with Gasteiger partial charge in [-0.1, -0.05) is 48.2 Å². The number of halogens is 1. The maximum atomic E-state index is 14.0. The van der Waals surface area contributed by atoms with Crippen LogP contribution in [-0.2, 0) is 11.2 Å². The molecule has 32 heavy (non-hydrogen) atoms. The average molecular weight is 467 g/mol. The molecule has 8 heteroatoms. The molecule has 2 heterocycles. The molecule has 0 saturated carbocycles. The minimum Gasteiger partial charge on any atom is -0.481 e. The zero-order valence-electron chi connectivity index (χ0n) is 17.0. The van der Waals surface area contributed by atoms with Crippen LogP contribution in [0.2, 0.25) is 0 Å². The molecule has 0 saturated heterocycles. The van der Waals surface area contributed by atoms with Gasteiger partial charge in [-0.3, -0.25) is 14.2 Å². The number of nitrogens with zero attached hydrogens (tertiary/aromatic N) is 2. The smallest absolute Gasteiger partial charge is 0.313 e. The van der Waals surface area contributed by atoms with Crippen LogP contribution >= 0.6 is 23.1 Å². The van der Waals surface area contributed by atoms with Gasteiger partial charge in [0, 0.05) is 10.8 Å². The first-order valence-electron chi connectivity index (χ1n) is 10.3. The molecule has 0 aliphatic heterocycles. The number of thiophene rings is 1. The number of carbonyl (C=O) groups is 1. The van der Waals surface area contributed by atoms with Crippen molar-refractivity contribution in [3.8, 4) is 5.69 Å². The van der Waals surface area contributed by atoms with E-state index in [2.05, 4.69) is 12.1 Å². The van der Waals surface area contributed by atoms with Gasteiger partial charge in [-0.05, 0) is 48.6 Å². The number of thioether (sulfide) groups is 1. The van der Waals surface area contributed by atoms with Crippen LogP contribution in [0.15, 0.2) is 64.5 Å². The van der Waals surface area contributed by atoms with Gasteiger partial charge in [-0.25, -0.2) is 9.37 Å². The van der Waals surface area contributed by atoms with Crippen molar-refractivity contribution in [2.24, 2.45) is 0 Å². The van der Waals surface area contributed by atoms with Crippen molar-refractivity contribution < 1.29 is 14.3 Å². The first-order valence-corrected chi connectivity index (χ1v) is 12.1. The number of hydrogen-bond donors (Lipinski definition) is 1. The van der Waals surface area contributed by atoms with Gasteiger partial charge < -0.3 is 5.11 Å². The van der Waals surface area contributed by atoms with Crippen LogP contribution in [0.25, 0.3) is 15.9 Å². The fraction of sp³-hybridized carbons (Fsp3) is 0.208. The van der Waals surface area contributed by atoms with Crippen LogP contribution in [-0.4, -0.2) is 26.4 Å². The summed E-state index contributed by atoms with van der Waals surface area (Å²) < 4.78 is 15.4. The molecule has 5 rings (SSSR count). The van der Waals surface area contributed by atoms with Crippen molar-refractivity contribution in [3.05, 3.63) is 86.8 Å². The molecular formula is C24H19FN2O3S2. The summed E-state index contributed by atoms with van der Waals surface area (Å²) >= 11 is 2.47. The van der Waals surface area contributed by atoms with E-state index in [-0.39, 0.29) is 22.4 Å². The van der Waals surface area contributed by atoms with E-state index >= 15 is 0 Å². The highest BCUT2D eigenvalue weighted by Crippen LogP contribution is 2.44. The maximum Gasteiger partial charge on any atom is 0.313 e. The van der Waals surface area contributed by atoms with Crippen LogP contribution < -0.4 is 5.56 Å². The van der Waals surface area contributed by atoms with E-state index in [1.807, 2.05) is 18.2 Å². The van der Waals surface area contributed by atoms with Gasteiger partial charge in [0.1, 0.15) is 10.6 Å². The number of aromatic nitrogens is 2. The van der Waals surface area contributed by atoms with Gasteiger partial charge in [0.25, 0.3) is 5.56 Å². The molecule has 0 amide bonds. The minimum atomic E-state index is -1.01. The Balaban J connectivity index is 1.78. The molecule has 2 aromatic carbocycles. The van der Waals surface area contributed by atoms with E-state index in [1.165, 1.54) is 34.1 Å². The van der Waals surface area contributed by atoms with Crippen molar-refractivity contribution in [3.63, 3.8) is 0 Å². The monoisotopic (exact) mass is 466 g/mol. The summed E-state index contributed by atoms with van der Waals surface area (Å²) in [5, 5.41) is 9.98. The molecule has 0 spiro atoms. The zero-order valence-corrected chi connectivity index (χ0v) is 18.6. The zero-order chi connectivity index (χ0) is 22.2. The average Bonchev–Trinajstić information content (AvgIpc) is 3.17. The molecule has 1 aliphatic carbocycles. The first-order chi connectivity index (χ1) is 15.5. The fourth-order valence-electron chi connectivity index (χ4n) is 4.35. The quantitative estimate of drug-likeness (QED) is 0.322. The Morgan fingerprint density at radius 1 is 1.22 bits per heavy atom. The summed E-state index contributed by atoms with van der Waals surface area (Å²) in [6.45, 7) is 0. The SMILES string of the molecule is O=C(O)CSc1nc2sc3c(c2c(=O)n1-c1cccc(F)c1)C(c1ccccc1)CCC3. The maximum absolute atomic E-state index is 14.0. The summed E-state index contributed by atoms with van der Waals surface area (Å²) in [5.74, 6) is -1.63. The molecule has 1 unspecified atom stereocenters. The highest BCUT2D eigenvalue weighted by Gasteiger charge is 2.30. The Morgan fingerprint density at radius 2 is 2.03 bits per heavy atom. The lowest BCUT2D eigenvalue weighted by Gasteiger charge is -2.23. The summed E-state index contributed by atoms with van der Waals surface area (Å²) in [4.78, 5) is 31.5. The third kappa shape index (κ3) is 3.73. The Morgan fingerprint density at radius 3 is 2.78 bits per heavy atom. The van der Waals surface area contributed by atoms with E-state index < -0.39 is 11.8 Å². The molecule has 0 bridgehead atoms. The van der Waals surface area contributed by atoms with Gasteiger partial charge in [0.05, 0.1) is 16.8 Å². The number of carboxylic acids is 1. The molecule has 162 valence electrons. The Kier molecular flexibility index (Phi) is 5.57. The van der Waals surface area contributed by atoms with Crippen LogP contribution in [0.4, 0.5) is 4.39 Å². The second-order valence-corrected chi connectivity index (χ2v) is 9.70. The van der Waals surface area contributed by atoms with E-state index in [0.717, 1.165) is 47.0 Å². The Hall–Kier alpha value is -2.97. The second kappa shape index (κ2) is 8.52. The Labute approximate surface area is 191 Å². The van der Waals surface area contributed by atoms with E-state index in [0.29, 0.717) is 15.9 Å². The predicted molar refractivity (Wildman–Crippen MR) is 125 cm³/mol. The number of benzene rings is 2. The molecule has 4 aromatic rings. The Bertz CT molecular complexity index is 1380. The topological polar surface area (TPSA) is 72.2 Å². The highest BCUT2D eigenvalue weighted by molar-refractivity contribution is 7.99. The van der Waals surface area contributed by atoms with Gasteiger partial charge in [-0.15, -0.1) is 11.3 Å². The van der Waals surface area contributed by atoms with Crippen molar-refractivity contribution in [1.82, 2.24) is 9.55 Å². The molecule has 2 aromatic heterocycles. The van der Waals surface area contributed by atoms with Gasteiger partial charge in [0.2, 0.25) is 0 Å². The van der Waals surface area contributed by atoms with Crippen LogP contribution in [0.5, 0.6) is 0 Å². The number of rotatable bonds is 5. The minimum absolute atomic E-state index is 0.0988. The normalized spacial score (nSPS) is 15.6. The van der Waals surface area contributed by atoms with E-state index in [4.69, 9.17) is 10.1 Å². The second-order valence-electron chi connectivity index (χ2n) is 7.67. The lowest BCUT2D eigenvalue weighted by atomic mass is 9.81. The summed E-state index contributed by atoms with van der Waals surface area (Å²) in [6.07, 6.45) is 2.85. The summed E-state index contributed by atoms with van der Waals surface area (Å²) in [6, 6.07) is 15.9. The van der Waals surface area contributed by atoms with Crippen molar-refractivity contribution >= 4 is 39.3 Å². The van der Waals surface area contributed by atoms with Crippen LogP contribution in [0.1, 0.15) is 34.8 Å². The van der Waals surface area contributed by atoms with E-state index in [9.17, 15) is 14.0 Å². The molecule has 0 fully saturated rings. The van der Waals surface area contributed by atoms with Crippen molar-refractivity contribution in [1.29, 1.82) is 0 Å². The van der Waals surface area contributed by atoms with Crippen LogP contribution in [0.3, 0.4) is 0 Å². The molecule has 1 aliphatic rings. The standard InChI is InChI=1S/C24H19FN2O3S2/c25-15-8-4-9-16(12-15)27-23(30)21-20-17(14-6-2-1-3-7-14)10-5-11-18(20)32-22(21)26-24(27)31-13-19(28)29/h1-4,6-9,12,17H,5,10-11,13H2,(H,28,29). The third-order valence-corrected chi connectivity index (χ3v) is 7.73. The molecule has 1 atom stereocenters. The highest BCUT2D eigenvalue weighted by atomic mass is 32.2.